The van der Waals surface area contributed by atoms with Crippen LogP contribution in [-0.2, 0) is 0 Å². The van der Waals surface area contributed by atoms with E-state index in [4.69, 9.17) is 5.84 Å². The highest BCUT2D eigenvalue weighted by molar-refractivity contribution is 5.94. The molecule has 2 rings (SSSR count). The van der Waals surface area contributed by atoms with Crippen LogP contribution in [0.2, 0.25) is 0 Å². The first-order valence-electron chi connectivity index (χ1n) is 5.85. The number of hydrogen-bond donors (Lipinski definition) is 3. The van der Waals surface area contributed by atoms with Gasteiger partial charge in [-0.15, -0.1) is 0 Å². The van der Waals surface area contributed by atoms with E-state index >= 15 is 0 Å². The monoisotopic (exact) mass is 255 g/mol. The number of rotatable bonds is 5. The van der Waals surface area contributed by atoms with Gasteiger partial charge in [0.15, 0.2) is 11.6 Å². The molecule has 6 heteroatoms. The van der Waals surface area contributed by atoms with Crippen molar-refractivity contribution >= 4 is 11.6 Å². The average molecular weight is 255 g/mol. The Kier molecular flexibility index (Phi) is 3.76. The lowest BCUT2D eigenvalue weighted by Crippen LogP contribution is -2.25. The fourth-order valence-electron chi connectivity index (χ4n) is 1.74. The average Bonchev–Trinajstić information content (AvgIpc) is 3.12. The molecule has 18 heavy (non-hydrogen) atoms. The maximum Gasteiger partial charge on any atom is 0.251 e. The zero-order valence-corrected chi connectivity index (χ0v) is 9.80. The minimum Gasteiger partial charge on any atom is -0.352 e. The van der Waals surface area contributed by atoms with Gasteiger partial charge in [-0.2, -0.15) is 0 Å². The molecule has 4 nitrogen and oxygen atoms in total. The molecular weight excluding hydrogens is 240 g/mol. The summed E-state index contributed by atoms with van der Waals surface area (Å²) in [5.41, 5.74) is 1.43. The Morgan fingerprint density at radius 3 is 2.44 bits per heavy atom. The second-order valence-corrected chi connectivity index (χ2v) is 4.45. The molecule has 0 saturated heterocycles. The van der Waals surface area contributed by atoms with Crippen LogP contribution < -0.4 is 16.6 Å². The summed E-state index contributed by atoms with van der Waals surface area (Å²) in [7, 11) is 0. The van der Waals surface area contributed by atoms with Crippen LogP contribution in [0.25, 0.3) is 0 Å². The van der Waals surface area contributed by atoms with Crippen LogP contribution >= 0.6 is 0 Å². The van der Waals surface area contributed by atoms with Gasteiger partial charge in [-0.1, -0.05) is 12.8 Å². The van der Waals surface area contributed by atoms with E-state index in [-0.39, 0.29) is 5.56 Å². The maximum atomic E-state index is 13.4. The molecule has 1 fully saturated rings. The number of anilines is 1. The van der Waals surface area contributed by atoms with Gasteiger partial charge < -0.3 is 10.7 Å². The van der Waals surface area contributed by atoms with E-state index in [1.807, 2.05) is 5.43 Å². The number of halogens is 2. The molecule has 98 valence electrons. The van der Waals surface area contributed by atoms with E-state index in [0.29, 0.717) is 12.5 Å². The summed E-state index contributed by atoms with van der Waals surface area (Å²) >= 11 is 0. The molecule has 4 N–H and O–H groups in total. The SMILES string of the molecule is NNc1c(F)cc(C(=O)NCCC2CC2)cc1F. The molecule has 0 spiro atoms. The summed E-state index contributed by atoms with van der Waals surface area (Å²) in [5, 5.41) is 2.64. The number of nitrogen functional groups attached to an aromatic ring is 1. The van der Waals surface area contributed by atoms with E-state index < -0.39 is 23.2 Å². The Morgan fingerprint density at radius 1 is 1.33 bits per heavy atom. The van der Waals surface area contributed by atoms with Crippen LogP contribution in [0.5, 0.6) is 0 Å². The first-order chi connectivity index (χ1) is 8.61. The van der Waals surface area contributed by atoms with E-state index in [1.165, 1.54) is 12.8 Å². The molecule has 0 radical (unpaired) electrons. The van der Waals surface area contributed by atoms with Crippen LogP contribution in [0.1, 0.15) is 29.6 Å². The lowest BCUT2D eigenvalue weighted by atomic mass is 10.1. The highest BCUT2D eigenvalue weighted by Crippen LogP contribution is 2.31. The van der Waals surface area contributed by atoms with Crippen LogP contribution in [-0.4, -0.2) is 12.5 Å². The summed E-state index contributed by atoms with van der Waals surface area (Å²) in [5.74, 6) is 3.42. The number of hydrazine groups is 1. The molecule has 0 atom stereocenters. The summed E-state index contributed by atoms with van der Waals surface area (Å²) in [4.78, 5) is 11.7. The highest BCUT2D eigenvalue weighted by Gasteiger charge is 2.21. The largest absolute Gasteiger partial charge is 0.352 e. The van der Waals surface area contributed by atoms with Crippen LogP contribution in [0.4, 0.5) is 14.5 Å². The Labute approximate surface area is 104 Å². The van der Waals surface area contributed by atoms with Gasteiger partial charge in [-0.05, 0) is 24.5 Å². The van der Waals surface area contributed by atoms with Gasteiger partial charge in [0.05, 0.1) is 0 Å². The van der Waals surface area contributed by atoms with Crippen molar-refractivity contribution in [3.8, 4) is 0 Å². The minimum atomic E-state index is -0.884. The van der Waals surface area contributed by atoms with E-state index in [1.54, 1.807) is 0 Å². The van der Waals surface area contributed by atoms with Crippen molar-refractivity contribution < 1.29 is 13.6 Å². The molecule has 0 aliphatic heterocycles. The first kappa shape index (κ1) is 12.8. The number of amides is 1. The number of nitrogens with two attached hydrogens (primary N) is 1. The maximum absolute atomic E-state index is 13.4. The second kappa shape index (κ2) is 5.30. The topological polar surface area (TPSA) is 67.1 Å². The molecule has 0 unspecified atom stereocenters. The number of carbonyl (C=O) groups excluding carboxylic acids is 1. The van der Waals surface area contributed by atoms with E-state index in [9.17, 15) is 13.6 Å². The fourth-order valence-corrected chi connectivity index (χ4v) is 1.74. The molecule has 0 heterocycles. The third-order valence-corrected chi connectivity index (χ3v) is 2.98. The highest BCUT2D eigenvalue weighted by atomic mass is 19.1. The molecule has 0 aromatic heterocycles. The third-order valence-electron chi connectivity index (χ3n) is 2.98. The lowest BCUT2D eigenvalue weighted by Gasteiger charge is -2.08. The molecule has 1 aromatic rings. The standard InChI is InChI=1S/C12H15F2N3O/c13-9-5-8(6-10(14)11(9)17-15)12(18)16-4-3-7-1-2-7/h5-7,17H,1-4,15H2,(H,16,18). The van der Waals surface area contributed by atoms with Gasteiger partial charge in [0, 0.05) is 12.1 Å². The molecule has 1 amide bonds. The summed E-state index contributed by atoms with van der Waals surface area (Å²) in [6, 6.07) is 1.93. The van der Waals surface area contributed by atoms with Gasteiger partial charge in [0.1, 0.15) is 5.69 Å². The molecular formula is C12H15F2N3O. The smallest absolute Gasteiger partial charge is 0.251 e. The van der Waals surface area contributed by atoms with Crippen molar-refractivity contribution in [2.24, 2.45) is 11.8 Å². The molecule has 1 aliphatic rings. The zero-order chi connectivity index (χ0) is 13.1. The Bertz CT molecular complexity index is 438. The number of carbonyl (C=O) groups is 1. The van der Waals surface area contributed by atoms with Gasteiger partial charge >= 0.3 is 0 Å². The predicted octanol–water partition coefficient (Wildman–Crippen LogP) is 1.78. The Hall–Kier alpha value is -1.69. The van der Waals surface area contributed by atoms with Gasteiger partial charge in [-0.3, -0.25) is 10.6 Å². The molecule has 1 aliphatic carbocycles. The second-order valence-electron chi connectivity index (χ2n) is 4.45. The van der Waals surface area contributed by atoms with Gasteiger partial charge in [0.25, 0.3) is 5.91 Å². The lowest BCUT2D eigenvalue weighted by molar-refractivity contribution is 0.0952. The Morgan fingerprint density at radius 2 is 1.94 bits per heavy atom. The zero-order valence-electron chi connectivity index (χ0n) is 9.80. The van der Waals surface area contributed by atoms with Crippen LogP contribution in [0, 0.1) is 17.6 Å². The minimum absolute atomic E-state index is 0.0419. The molecule has 1 aromatic carbocycles. The third kappa shape index (κ3) is 2.95. The van der Waals surface area contributed by atoms with Gasteiger partial charge in [0.2, 0.25) is 0 Å². The molecule has 0 bridgehead atoms. The fraction of sp³-hybridized carbons (Fsp3) is 0.417. The van der Waals surface area contributed by atoms with Crippen molar-refractivity contribution in [1.29, 1.82) is 0 Å². The summed E-state index contributed by atoms with van der Waals surface area (Å²) in [6.45, 7) is 0.531. The predicted molar refractivity (Wildman–Crippen MR) is 63.8 cm³/mol. The number of benzene rings is 1. The van der Waals surface area contributed by atoms with Crippen molar-refractivity contribution in [3.05, 3.63) is 29.3 Å². The van der Waals surface area contributed by atoms with E-state index in [2.05, 4.69) is 5.32 Å². The van der Waals surface area contributed by atoms with Gasteiger partial charge in [-0.25, -0.2) is 8.78 Å². The first-order valence-corrected chi connectivity index (χ1v) is 5.85. The summed E-state index contributed by atoms with van der Waals surface area (Å²) < 4.78 is 26.7. The van der Waals surface area contributed by atoms with Crippen molar-refractivity contribution in [2.45, 2.75) is 19.3 Å². The van der Waals surface area contributed by atoms with Crippen LogP contribution in [0.15, 0.2) is 12.1 Å². The number of hydrogen-bond acceptors (Lipinski definition) is 3. The van der Waals surface area contributed by atoms with Crippen LogP contribution in [0.3, 0.4) is 0 Å². The molecule has 1 saturated carbocycles. The number of nitrogens with one attached hydrogen (secondary N) is 2. The van der Waals surface area contributed by atoms with Crippen molar-refractivity contribution in [2.75, 3.05) is 12.0 Å². The summed E-state index contributed by atoms with van der Waals surface area (Å²) in [6.07, 6.45) is 3.32. The van der Waals surface area contributed by atoms with E-state index in [0.717, 1.165) is 18.6 Å². The van der Waals surface area contributed by atoms with Crippen molar-refractivity contribution in [1.82, 2.24) is 5.32 Å². The Balaban J connectivity index is 2.00. The van der Waals surface area contributed by atoms with Crippen molar-refractivity contribution in [3.63, 3.8) is 0 Å². The quantitative estimate of drug-likeness (QED) is 0.555. The normalized spacial score (nSPS) is 14.4.